The van der Waals surface area contributed by atoms with Gasteiger partial charge in [-0.05, 0) is 43.0 Å². The number of amides is 3. The Kier molecular flexibility index (Phi) is 7.32. The Bertz CT molecular complexity index is 980. The van der Waals surface area contributed by atoms with Gasteiger partial charge in [-0.15, -0.1) is 0 Å². The maximum Gasteiger partial charge on any atom is 0.263 e. The van der Waals surface area contributed by atoms with Gasteiger partial charge in [-0.3, -0.25) is 19.3 Å². The normalized spacial score (nSPS) is 20.6. The summed E-state index contributed by atoms with van der Waals surface area (Å²) in [6.45, 7) is 1.66. The summed E-state index contributed by atoms with van der Waals surface area (Å²) in [6, 6.07) is 9.29. The van der Waals surface area contributed by atoms with Gasteiger partial charge < -0.3 is 16.2 Å². The van der Waals surface area contributed by atoms with Crippen LogP contribution in [-0.4, -0.2) is 46.4 Å². The summed E-state index contributed by atoms with van der Waals surface area (Å²) >= 11 is 0. The number of aliphatic hydroxyl groups excluding tert-OH is 1. The molecule has 1 aliphatic rings. The predicted octanol–water partition coefficient (Wildman–Crippen LogP) is 1.76. The lowest BCUT2D eigenvalue weighted by molar-refractivity contribution is -0.157. The molecular weight excluding hydrogens is 420 g/mol. The van der Waals surface area contributed by atoms with E-state index in [9.17, 15) is 28.3 Å². The van der Waals surface area contributed by atoms with Gasteiger partial charge in [-0.2, -0.15) is 0 Å². The van der Waals surface area contributed by atoms with Crippen molar-refractivity contribution >= 4 is 17.7 Å². The van der Waals surface area contributed by atoms with Crippen LogP contribution >= 0.6 is 0 Å². The van der Waals surface area contributed by atoms with Gasteiger partial charge in [0, 0.05) is 18.5 Å². The molecule has 0 unspecified atom stereocenters. The molecule has 0 spiro atoms. The first-order chi connectivity index (χ1) is 15.2. The summed E-state index contributed by atoms with van der Waals surface area (Å²) in [5.41, 5.74) is 6.33. The highest BCUT2D eigenvalue weighted by molar-refractivity contribution is 6.03. The van der Waals surface area contributed by atoms with E-state index >= 15 is 0 Å². The highest BCUT2D eigenvalue weighted by Gasteiger charge is 2.40. The van der Waals surface area contributed by atoms with Gasteiger partial charge in [0.25, 0.3) is 5.91 Å². The predicted molar refractivity (Wildman–Crippen MR) is 112 cm³/mol. The summed E-state index contributed by atoms with van der Waals surface area (Å²) in [5.74, 6) is -4.62. The van der Waals surface area contributed by atoms with Crippen LogP contribution in [0.2, 0.25) is 0 Å². The monoisotopic (exact) mass is 445 g/mol. The van der Waals surface area contributed by atoms with Gasteiger partial charge in [0.2, 0.25) is 11.8 Å². The molecule has 0 aromatic heterocycles. The van der Waals surface area contributed by atoms with Crippen LogP contribution in [0.4, 0.5) is 8.78 Å². The molecule has 0 bridgehead atoms. The molecule has 3 rings (SSSR count). The van der Waals surface area contributed by atoms with Gasteiger partial charge >= 0.3 is 0 Å². The molecule has 9 heteroatoms. The molecule has 0 aliphatic carbocycles. The van der Waals surface area contributed by atoms with Gasteiger partial charge in [-0.25, -0.2) is 8.78 Å². The zero-order valence-corrected chi connectivity index (χ0v) is 17.5. The fourth-order valence-electron chi connectivity index (χ4n) is 3.83. The van der Waals surface area contributed by atoms with Crippen molar-refractivity contribution in [1.82, 2.24) is 10.2 Å². The third-order valence-electron chi connectivity index (χ3n) is 5.50. The number of halogens is 2. The van der Waals surface area contributed by atoms with Crippen molar-refractivity contribution in [3.05, 3.63) is 71.3 Å². The zero-order chi connectivity index (χ0) is 23.4. The fourth-order valence-corrected chi connectivity index (χ4v) is 3.83. The molecule has 170 valence electrons. The molecule has 0 saturated carbocycles. The van der Waals surface area contributed by atoms with E-state index in [1.54, 1.807) is 0 Å². The second-order valence-electron chi connectivity index (χ2n) is 7.89. The van der Waals surface area contributed by atoms with Crippen LogP contribution in [0, 0.1) is 11.6 Å². The maximum atomic E-state index is 13.6. The van der Waals surface area contributed by atoms with E-state index in [0.717, 1.165) is 17.7 Å². The Balaban J connectivity index is 1.90. The first-order valence-corrected chi connectivity index (χ1v) is 10.3. The van der Waals surface area contributed by atoms with Crippen LogP contribution < -0.4 is 11.1 Å². The number of benzene rings is 2. The summed E-state index contributed by atoms with van der Waals surface area (Å²) in [6.07, 6.45) is -1.43. The van der Waals surface area contributed by atoms with E-state index < -0.39 is 47.5 Å². The molecule has 4 N–H and O–H groups in total. The van der Waals surface area contributed by atoms with Crippen molar-refractivity contribution in [2.75, 3.05) is 6.54 Å². The van der Waals surface area contributed by atoms with Gasteiger partial charge in [-0.1, -0.05) is 30.3 Å². The van der Waals surface area contributed by atoms with Crippen LogP contribution in [-0.2, 0) is 14.4 Å². The summed E-state index contributed by atoms with van der Waals surface area (Å²) in [7, 11) is 0. The average Bonchev–Trinajstić information content (AvgIpc) is 2.95. The maximum absolute atomic E-state index is 13.6. The quantitative estimate of drug-likeness (QED) is 0.649. The summed E-state index contributed by atoms with van der Waals surface area (Å²) in [4.78, 5) is 39.4. The van der Waals surface area contributed by atoms with E-state index in [1.165, 1.54) is 6.92 Å². The smallest absolute Gasteiger partial charge is 0.263 e. The highest BCUT2D eigenvalue weighted by atomic mass is 19.1. The average molecular weight is 445 g/mol. The number of nitrogens with zero attached hydrogens (tertiary/aromatic N) is 1. The second kappa shape index (κ2) is 9.97. The number of aliphatic hydroxyl groups is 1. The van der Waals surface area contributed by atoms with E-state index in [1.807, 2.05) is 30.3 Å². The molecule has 1 heterocycles. The Labute approximate surface area is 184 Å². The number of carbonyl (C=O) groups excluding carboxylic acids is 3. The van der Waals surface area contributed by atoms with Crippen molar-refractivity contribution in [3.63, 3.8) is 0 Å². The minimum Gasteiger partial charge on any atom is -0.378 e. The first-order valence-electron chi connectivity index (χ1n) is 10.3. The fraction of sp³-hybridized carbons (Fsp3) is 0.348. The van der Waals surface area contributed by atoms with Crippen molar-refractivity contribution < 1.29 is 28.3 Å². The number of nitrogens with one attached hydrogen (secondary N) is 1. The zero-order valence-electron chi connectivity index (χ0n) is 17.5. The second-order valence-corrected chi connectivity index (χ2v) is 7.89. The van der Waals surface area contributed by atoms with Crippen LogP contribution in [0.25, 0.3) is 0 Å². The van der Waals surface area contributed by atoms with Crippen molar-refractivity contribution in [2.24, 2.45) is 5.73 Å². The van der Waals surface area contributed by atoms with Gasteiger partial charge in [0.05, 0.1) is 6.04 Å². The third kappa shape index (κ3) is 5.17. The van der Waals surface area contributed by atoms with Crippen LogP contribution in [0.1, 0.15) is 42.9 Å². The number of hydrogen-bond acceptors (Lipinski definition) is 5. The lowest BCUT2D eigenvalue weighted by Crippen LogP contribution is -2.56. The summed E-state index contributed by atoms with van der Waals surface area (Å²) < 4.78 is 27.2. The van der Waals surface area contributed by atoms with Crippen LogP contribution in [0.3, 0.4) is 0 Å². The highest BCUT2D eigenvalue weighted by Crippen LogP contribution is 2.27. The molecule has 4 atom stereocenters. The Morgan fingerprint density at radius 1 is 1.09 bits per heavy atom. The Morgan fingerprint density at radius 2 is 1.72 bits per heavy atom. The third-order valence-corrected chi connectivity index (χ3v) is 5.50. The number of imide groups is 1. The molecule has 3 amide bonds. The van der Waals surface area contributed by atoms with E-state index in [2.05, 4.69) is 5.32 Å². The molecule has 7 nitrogen and oxygen atoms in total. The lowest BCUT2D eigenvalue weighted by Gasteiger charge is -2.31. The van der Waals surface area contributed by atoms with E-state index in [0.29, 0.717) is 23.9 Å². The number of nitrogens with two attached hydrogens (primary N) is 1. The minimum atomic E-state index is -2.05. The number of rotatable bonds is 5. The molecule has 1 saturated heterocycles. The molecule has 1 aliphatic heterocycles. The van der Waals surface area contributed by atoms with Crippen LogP contribution in [0.15, 0.2) is 48.5 Å². The van der Waals surface area contributed by atoms with Crippen molar-refractivity contribution in [1.29, 1.82) is 0 Å². The molecule has 32 heavy (non-hydrogen) atoms. The molecule has 2 aromatic rings. The molecule has 1 fully saturated rings. The summed E-state index contributed by atoms with van der Waals surface area (Å²) in [5, 5.41) is 13.2. The van der Waals surface area contributed by atoms with Crippen LogP contribution in [0.5, 0.6) is 0 Å². The standard InChI is InChI=1S/C23H25F2N3O4/c1-13(26)22(31)28(23(32)20(29)16-9-17(24)11-18(25)10-16)19-8-7-15(12-27-21(19)30)14-5-3-2-4-6-14/h2-6,9-11,13,15,19-20,29H,7-8,12,26H2,1H3,(H,27,30)/t13-,15-,19-,20-/m0/s1. The molecule has 0 radical (unpaired) electrons. The van der Waals surface area contributed by atoms with Crippen molar-refractivity contribution in [3.8, 4) is 0 Å². The van der Waals surface area contributed by atoms with E-state index in [-0.39, 0.29) is 17.9 Å². The Morgan fingerprint density at radius 3 is 2.31 bits per heavy atom. The SMILES string of the molecule is C[C@H](N)C(=O)N(C(=O)[C@@H](O)c1cc(F)cc(F)c1)[C@H]1CC[C@H](c2ccccc2)CNC1=O. The Hall–Kier alpha value is -3.17. The number of carbonyl (C=O) groups is 3. The lowest BCUT2D eigenvalue weighted by atomic mass is 9.93. The van der Waals surface area contributed by atoms with Gasteiger partial charge in [0.1, 0.15) is 17.7 Å². The molecule has 2 aromatic carbocycles. The van der Waals surface area contributed by atoms with Crippen molar-refractivity contribution in [2.45, 2.75) is 43.9 Å². The number of hydrogen-bond donors (Lipinski definition) is 3. The largest absolute Gasteiger partial charge is 0.378 e. The minimum absolute atomic E-state index is 0.0326. The van der Waals surface area contributed by atoms with Gasteiger partial charge in [0.15, 0.2) is 6.10 Å². The first kappa shape index (κ1) is 23.5. The molecular formula is C23H25F2N3O4. The van der Waals surface area contributed by atoms with E-state index in [4.69, 9.17) is 5.73 Å². The topological polar surface area (TPSA) is 113 Å².